The van der Waals surface area contributed by atoms with E-state index in [9.17, 15) is 4.79 Å². The van der Waals surface area contributed by atoms with Gasteiger partial charge in [0.15, 0.2) is 5.65 Å². The quantitative estimate of drug-likeness (QED) is 0.833. The number of fused-ring (bicyclic) bond motifs is 1. The maximum Gasteiger partial charge on any atom is 0.311 e. The van der Waals surface area contributed by atoms with Gasteiger partial charge >= 0.3 is 5.97 Å². The molecule has 0 aromatic carbocycles. The fourth-order valence-electron chi connectivity index (χ4n) is 2.13. The van der Waals surface area contributed by atoms with Gasteiger partial charge in [-0.25, -0.2) is 9.97 Å². The topological polar surface area (TPSA) is 91.3 Å². The number of aromatic amines is 1. The van der Waals surface area contributed by atoms with Gasteiger partial charge in [0, 0.05) is 13.1 Å². The second kappa shape index (κ2) is 4.85. The molecule has 0 spiro atoms. The summed E-state index contributed by atoms with van der Waals surface area (Å²) in [6.07, 6.45) is -0.122. The minimum absolute atomic E-state index is 0.122. The van der Waals surface area contributed by atoms with Gasteiger partial charge in [0.05, 0.1) is 18.7 Å². The van der Waals surface area contributed by atoms with E-state index in [0.29, 0.717) is 24.7 Å². The van der Waals surface area contributed by atoms with E-state index < -0.39 is 5.97 Å². The van der Waals surface area contributed by atoms with Gasteiger partial charge in [0.1, 0.15) is 18.1 Å². The minimum atomic E-state index is -0.910. The minimum Gasteiger partial charge on any atom is -0.481 e. The lowest BCUT2D eigenvalue weighted by molar-refractivity contribution is -0.136. The maximum absolute atomic E-state index is 10.7. The molecule has 2 aromatic heterocycles. The Balaban J connectivity index is 1.89. The Kier molecular flexibility index (Phi) is 3.04. The molecule has 3 rings (SSSR count). The van der Waals surface area contributed by atoms with Gasteiger partial charge in [-0.3, -0.25) is 4.79 Å². The molecule has 0 radical (unpaired) electrons. The molecular weight excluding hydrogens is 248 g/mol. The third-order valence-corrected chi connectivity index (χ3v) is 3.03. The summed E-state index contributed by atoms with van der Waals surface area (Å²) < 4.78 is 5.30. The average molecular weight is 262 g/mol. The number of H-pyrrole nitrogens is 1. The summed E-state index contributed by atoms with van der Waals surface area (Å²) in [5, 5.41) is 8.75. The van der Waals surface area contributed by atoms with E-state index in [4.69, 9.17) is 9.84 Å². The van der Waals surface area contributed by atoms with E-state index >= 15 is 0 Å². The van der Waals surface area contributed by atoms with Crippen molar-refractivity contribution in [1.82, 2.24) is 15.0 Å². The molecule has 1 aliphatic heterocycles. The largest absolute Gasteiger partial charge is 0.481 e. The highest BCUT2D eigenvalue weighted by Gasteiger charge is 2.14. The number of pyridine rings is 1. The van der Waals surface area contributed by atoms with Crippen molar-refractivity contribution in [2.45, 2.75) is 6.42 Å². The molecule has 0 bridgehead atoms. The zero-order valence-corrected chi connectivity index (χ0v) is 10.3. The average Bonchev–Trinajstić information content (AvgIpc) is 2.79. The second-order valence-corrected chi connectivity index (χ2v) is 4.39. The molecule has 7 heteroatoms. The van der Waals surface area contributed by atoms with Crippen LogP contribution in [0.3, 0.4) is 0 Å². The Labute approximate surface area is 109 Å². The molecule has 2 N–H and O–H groups in total. The van der Waals surface area contributed by atoms with E-state index in [1.807, 2.05) is 12.1 Å². The summed E-state index contributed by atoms with van der Waals surface area (Å²) in [7, 11) is 0. The van der Waals surface area contributed by atoms with Crippen LogP contribution < -0.4 is 4.90 Å². The molecule has 2 aromatic rings. The number of aromatic nitrogens is 3. The number of hydrogen-bond donors (Lipinski definition) is 2. The number of nitrogens with one attached hydrogen (secondary N) is 1. The number of aliphatic carboxylic acids is 1. The molecule has 3 heterocycles. The molecule has 1 fully saturated rings. The van der Waals surface area contributed by atoms with Crippen LogP contribution in [0.1, 0.15) is 5.82 Å². The van der Waals surface area contributed by atoms with E-state index in [1.165, 1.54) is 0 Å². The van der Waals surface area contributed by atoms with E-state index in [0.717, 1.165) is 24.4 Å². The predicted molar refractivity (Wildman–Crippen MR) is 68.3 cm³/mol. The zero-order valence-electron chi connectivity index (χ0n) is 10.3. The number of nitrogens with zero attached hydrogens (tertiary/aromatic N) is 3. The Bertz CT molecular complexity index is 604. The fraction of sp³-hybridized carbons (Fsp3) is 0.417. The number of hydrogen-bond acceptors (Lipinski definition) is 5. The second-order valence-electron chi connectivity index (χ2n) is 4.39. The SMILES string of the molecule is O=C(O)Cc1nc2nc(N3CCOCC3)ccc2[nH]1. The van der Waals surface area contributed by atoms with Crippen molar-refractivity contribution in [2.75, 3.05) is 31.2 Å². The van der Waals surface area contributed by atoms with Crippen molar-refractivity contribution < 1.29 is 14.6 Å². The van der Waals surface area contributed by atoms with E-state index in [-0.39, 0.29) is 6.42 Å². The third kappa shape index (κ3) is 2.50. The van der Waals surface area contributed by atoms with Crippen molar-refractivity contribution >= 4 is 23.0 Å². The van der Waals surface area contributed by atoms with Gasteiger partial charge in [-0.2, -0.15) is 0 Å². The smallest absolute Gasteiger partial charge is 0.311 e. The van der Waals surface area contributed by atoms with Gasteiger partial charge in [-0.05, 0) is 12.1 Å². The Morgan fingerprint density at radius 2 is 2.16 bits per heavy atom. The van der Waals surface area contributed by atoms with Crippen LogP contribution in [0, 0.1) is 0 Å². The summed E-state index contributed by atoms with van der Waals surface area (Å²) >= 11 is 0. The molecule has 1 aliphatic rings. The molecule has 7 nitrogen and oxygen atoms in total. The standard InChI is InChI=1S/C12H14N4O3/c17-11(18)7-9-13-8-1-2-10(15-12(8)14-9)16-3-5-19-6-4-16/h1-2H,3-7H2,(H,17,18)(H,13,14,15). The third-order valence-electron chi connectivity index (χ3n) is 3.03. The van der Waals surface area contributed by atoms with Crippen LogP contribution in [-0.2, 0) is 16.0 Å². The van der Waals surface area contributed by atoms with Crippen LogP contribution in [0.15, 0.2) is 12.1 Å². The van der Waals surface area contributed by atoms with Crippen LogP contribution in [0.4, 0.5) is 5.82 Å². The van der Waals surface area contributed by atoms with Gasteiger partial charge in [-0.15, -0.1) is 0 Å². The lowest BCUT2D eigenvalue weighted by Gasteiger charge is -2.27. The molecule has 0 amide bonds. The van der Waals surface area contributed by atoms with Crippen molar-refractivity contribution in [3.8, 4) is 0 Å². The molecular formula is C12H14N4O3. The molecule has 0 aliphatic carbocycles. The van der Waals surface area contributed by atoms with Crippen LogP contribution in [0.25, 0.3) is 11.2 Å². The first kappa shape index (κ1) is 11.9. The number of carbonyl (C=O) groups is 1. The molecule has 1 saturated heterocycles. The van der Waals surface area contributed by atoms with Crippen LogP contribution >= 0.6 is 0 Å². The Morgan fingerprint density at radius 1 is 1.37 bits per heavy atom. The van der Waals surface area contributed by atoms with Crippen molar-refractivity contribution in [3.63, 3.8) is 0 Å². The van der Waals surface area contributed by atoms with Gasteiger partial charge in [-0.1, -0.05) is 0 Å². The van der Waals surface area contributed by atoms with Gasteiger partial charge < -0.3 is 19.7 Å². The van der Waals surface area contributed by atoms with Crippen molar-refractivity contribution in [2.24, 2.45) is 0 Å². The van der Waals surface area contributed by atoms with Crippen LogP contribution in [0.2, 0.25) is 0 Å². The highest BCUT2D eigenvalue weighted by molar-refractivity contribution is 5.75. The summed E-state index contributed by atoms with van der Waals surface area (Å²) in [5.74, 6) is 0.366. The Hall–Kier alpha value is -2.15. The summed E-state index contributed by atoms with van der Waals surface area (Å²) in [5.41, 5.74) is 1.31. The summed E-state index contributed by atoms with van der Waals surface area (Å²) in [4.78, 5) is 24.4. The van der Waals surface area contributed by atoms with E-state index in [2.05, 4.69) is 19.9 Å². The Morgan fingerprint density at radius 3 is 2.89 bits per heavy atom. The van der Waals surface area contributed by atoms with Crippen LogP contribution in [0.5, 0.6) is 0 Å². The number of rotatable bonds is 3. The number of morpholine rings is 1. The lowest BCUT2D eigenvalue weighted by Crippen LogP contribution is -2.36. The van der Waals surface area contributed by atoms with Crippen molar-refractivity contribution in [3.05, 3.63) is 18.0 Å². The highest BCUT2D eigenvalue weighted by Crippen LogP contribution is 2.17. The zero-order chi connectivity index (χ0) is 13.2. The lowest BCUT2D eigenvalue weighted by atomic mass is 10.3. The normalized spacial score (nSPS) is 15.9. The number of ether oxygens (including phenoxy) is 1. The number of carboxylic acids is 1. The monoisotopic (exact) mass is 262 g/mol. The maximum atomic E-state index is 10.7. The first-order valence-electron chi connectivity index (χ1n) is 6.12. The van der Waals surface area contributed by atoms with E-state index in [1.54, 1.807) is 0 Å². The number of imidazole rings is 1. The molecule has 19 heavy (non-hydrogen) atoms. The van der Waals surface area contributed by atoms with Crippen LogP contribution in [-0.4, -0.2) is 52.3 Å². The predicted octanol–water partition coefficient (Wildman–Crippen LogP) is 0.422. The summed E-state index contributed by atoms with van der Waals surface area (Å²) in [6.45, 7) is 3.02. The van der Waals surface area contributed by atoms with Gasteiger partial charge in [0.2, 0.25) is 0 Å². The first-order valence-corrected chi connectivity index (χ1v) is 6.12. The molecule has 0 saturated carbocycles. The fourth-order valence-corrected chi connectivity index (χ4v) is 2.13. The molecule has 0 atom stereocenters. The van der Waals surface area contributed by atoms with Crippen molar-refractivity contribution in [1.29, 1.82) is 0 Å². The number of anilines is 1. The first-order chi connectivity index (χ1) is 9.22. The summed E-state index contributed by atoms with van der Waals surface area (Å²) in [6, 6.07) is 3.79. The highest BCUT2D eigenvalue weighted by atomic mass is 16.5. The molecule has 0 unspecified atom stereocenters. The molecule has 100 valence electrons. The number of carboxylic acid groups (broad SMARTS) is 1. The van der Waals surface area contributed by atoms with Gasteiger partial charge in [0.25, 0.3) is 0 Å².